The van der Waals surface area contributed by atoms with Gasteiger partial charge in [-0.15, -0.1) is 0 Å². The number of amides is 1. The first-order chi connectivity index (χ1) is 10.6. The van der Waals surface area contributed by atoms with Crippen molar-refractivity contribution in [1.29, 1.82) is 0 Å². The van der Waals surface area contributed by atoms with Crippen molar-refractivity contribution in [3.05, 3.63) is 29.8 Å². The summed E-state index contributed by atoms with van der Waals surface area (Å²) in [7, 11) is 1.65. The zero-order valence-corrected chi connectivity index (χ0v) is 13.7. The van der Waals surface area contributed by atoms with E-state index in [0.717, 1.165) is 24.4 Å². The number of ether oxygens (including phenoxy) is 2. The summed E-state index contributed by atoms with van der Waals surface area (Å²) in [5.74, 6) is 1.21. The highest BCUT2D eigenvalue weighted by atomic mass is 16.5. The van der Waals surface area contributed by atoms with Crippen molar-refractivity contribution in [3.8, 4) is 5.75 Å². The molecule has 122 valence electrons. The normalized spacial score (nSPS) is 17.3. The van der Waals surface area contributed by atoms with Crippen LogP contribution < -0.4 is 10.1 Å². The Balaban J connectivity index is 1.96. The van der Waals surface area contributed by atoms with Gasteiger partial charge in [0.25, 0.3) is 0 Å². The molecule has 1 aromatic rings. The quantitative estimate of drug-likeness (QED) is 0.871. The number of nitrogens with zero attached hydrogens (tertiary/aromatic N) is 1. The summed E-state index contributed by atoms with van der Waals surface area (Å²) in [4.78, 5) is 14.4. The molecule has 1 amide bonds. The van der Waals surface area contributed by atoms with Gasteiger partial charge >= 0.3 is 0 Å². The Morgan fingerprint density at radius 1 is 1.27 bits per heavy atom. The number of carbonyl (C=O) groups is 1. The molecule has 0 aliphatic carbocycles. The minimum Gasteiger partial charge on any atom is -0.497 e. The lowest BCUT2D eigenvalue weighted by atomic mass is 9.96. The Bertz CT molecular complexity index is 467. The molecule has 1 fully saturated rings. The smallest absolute Gasteiger partial charge is 0.234 e. The summed E-state index contributed by atoms with van der Waals surface area (Å²) in [6.45, 7) is 7.72. The van der Waals surface area contributed by atoms with E-state index in [1.54, 1.807) is 7.11 Å². The van der Waals surface area contributed by atoms with Crippen molar-refractivity contribution < 1.29 is 14.3 Å². The van der Waals surface area contributed by atoms with Crippen molar-refractivity contribution in [2.45, 2.75) is 19.9 Å². The average molecular weight is 306 g/mol. The van der Waals surface area contributed by atoms with Crippen LogP contribution in [-0.2, 0) is 9.53 Å². The number of hydrogen-bond acceptors (Lipinski definition) is 4. The molecule has 1 N–H and O–H groups in total. The highest BCUT2D eigenvalue weighted by molar-refractivity contribution is 5.78. The standard InChI is InChI=1S/C17H26N2O3/c1-13(2)17(14-4-6-15(21-3)7-5-14)18-16(20)12-19-8-10-22-11-9-19/h4-7,13,17H,8-12H2,1-3H3,(H,18,20). The Kier molecular flexibility index (Phi) is 6.21. The molecule has 1 heterocycles. The molecule has 0 saturated carbocycles. The van der Waals surface area contributed by atoms with Crippen LogP contribution in [0.1, 0.15) is 25.5 Å². The van der Waals surface area contributed by atoms with Crippen LogP contribution in [0.4, 0.5) is 0 Å². The minimum atomic E-state index is 0.0134. The zero-order chi connectivity index (χ0) is 15.9. The fourth-order valence-electron chi connectivity index (χ4n) is 2.63. The fraction of sp³-hybridized carbons (Fsp3) is 0.588. The molecule has 0 aromatic heterocycles. The fourth-order valence-corrected chi connectivity index (χ4v) is 2.63. The third-order valence-corrected chi connectivity index (χ3v) is 3.93. The monoisotopic (exact) mass is 306 g/mol. The Hall–Kier alpha value is -1.59. The maximum Gasteiger partial charge on any atom is 0.234 e. The van der Waals surface area contributed by atoms with Crippen LogP contribution in [0.25, 0.3) is 0 Å². The Morgan fingerprint density at radius 2 is 1.91 bits per heavy atom. The van der Waals surface area contributed by atoms with E-state index in [9.17, 15) is 4.79 Å². The van der Waals surface area contributed by atoms with Gasteiger partial charge in [0.1, 0.15) is 5.75 Å². The van der Waals surface area contributed by atoms with Crippen LogP contribution in [0.15, 0.2) is 24.3 Å². The van der Waals surface area contributed by atoms with Crippen LogP contribution in [0.3, 0.4) is 0 Å². The molecule has 1 aromatic carbocycles. The number of nitrogens with one attached hydrogen (secondary N) is 1. The molecule has 5 nitrogen and oxygen atoms in total. The first-order valence-electron chi connectivity index (χ1n) is 7.83. The van der Waals surface area contributed by atoms with Gasteiger partial charge in [-0.25, -0.2) is 0 Å². The van der Waals surface area contributed by atoms with Crippen molar-refractivity contribution in [1.82, 2.24) is 10.2 Å². The van der Waals surface area contributed by atoms with Gasteiger partial charge in [0.2, 0.25) is 5.91 Å². The molecule has 1 atom stereocenters. The SMILES string of the molecule is COc1ccc(C(NC(=O)CN2CCOCC2)C(C)C)cc1. The molecule has 1 unspecified atom stereocenters. The van der Waals surface area contributed by atoms with E-state index < -0.39 is 0 Å². The molecular weight excluding hydrogens is 280 g/mol. The van der Waals surface area contributed by atoms with Crippen LogP contribution in [0.2, 0.25) is 0 Å². The maximum atomic E-state index is 12.3. The van der Waals surface area contributed by atoms with E-state index in [1.165, 1.54) is 0 Å². The molecule has 0 radical (unpaired) electrons. The lowest BCUT2D eigenvalue weighted by molar-refractivity contribution is -0.124. The number of rotatable bonds is 6. The second-order valence-corrected chi connectivity index (χ2v) is 5.95. The largest absolute Gasteiger partial charge is 0.497 e. The lowest BCUT2D eigenvalue weighted by Gasteiger charge is -2.28. The molecule has 1 aliphatic rings. The number of morpholine rings is 1. The predicted molar refractivity (Wildman–Crippen MR) is 86.0 cm³/mol. The van der Waals surface area contributed by atoms with E-state index in [4.69, 9.17) is 9.47 Å². The van der Waals surface area contributed by atoms with Gasteiger partial charge in [-0.1, -0.05) is 26.0 Å². The van der Waals surface area contributed by atoms with Crippen molar-refractivity contribution >= 4 is 5.91 Å². The summed E-state index contributed by atoms with van der Waals surface area (Å²) >= 11 is 0. The Morgan fingerprint density at radius 3 is 2.45 bits per heavy atom. The second-order valence-electron chi connectivity index (χ2n) is 5.95. The molecule has 0 bridgehead atoms. The van der Waals surface area contributed by atoms with Crippen LogP contribution >= 0.6 is 0 Å². The third-order valence-electron chi connectivity index (χ3n) is 3.93. The highest BCUT2D eigenvalue weighted by Crippen LogP contribution is 2.23. The van der Waals surface area contributed by atoms with E-state index in [2.05, 4.69) is 24.1 Å². The summed E-state index contributed by atoms with van der Waals surface area (Å²) in [6.07, 6.45) is 0. The maximum absolute atomic E-state index is 12.3. The molecule has 5 heteroatoms. The van der Waals surface area contributed by atoms with Gasteiger partial charge in [0.15, 0.2) is 0 Å². The minimum absolute atomic E-state index is 0.0134. The summed E-state index contributed by atoms with van der Waals surface area (Å²) in [6, 6.07) is 7.90. The van der Waals surface area contributed by atoms with Gasteiger partial charge in [0, 0.05) is 13.1 Å². The predicted octanol–water partition coefficient (Wildman–Crippen LogP) is 1.84. The molecule has 1 aliphatic heterocycles. The van der Waals surface area contributed by atoms with E-state index in [0.29, 0.717) is 25.7 Å². The number of carbonyl (C=O) groups excluding carboxylic acids is 1. The number of benzene rings is 1. The Labute approximate surface area is 132 Å². The van der Waals surface area contributed by atoms with Crippen molar-refractivity contribution in [3.63, 3.8) is 0 Å². The van der Waals surface area contributed by atoms with E-state index in [-0.39, 0.29) is 11.9 Å². The summed E-state index contributed by atoms with van der Waals surface area (Å²) in [5, 5.41) is 3.16. The first kappa shape index (κ1) is 16.8. The summed E-state index contributed by atoms with van der Waals surface area (Å²) in [5.41, 5.74) is 1.10. The van der Waals surface area contributed by atoms with Crippen LogP contribution in [0, 0.1) is 5.92 Å². The summed E-state index contributed by atoms with van der Waals surface area (Å²) < 4.78 is 10.5. The van der Waals surface area contributed by atoms with Crippen LogP contribution in [0.5, 0.6) is 5.75 Å². The average Bonchev–Trinajstić information content (AvgIpc) is 2.53. The van der Waals surface area contributed by atoms with Crippen LogP contribution in [-0.4, -0.2) is 50.8 Å². The van der Waals surface area contributed by atoms with Gasteiger partial charge in [-0.05, 0) is 23.6 Å². The first-order valence-corrected chi connectivity index (χ1v) is 7.83. The topological polar surface area (TPSA) is 50.8 Å². The zero-order valence-electron chi connectivity index (χ0n) is 13.7. The molecule has 0 spiro atoms. The highest BCUT2D eigenvalue weighted by Gasteiger charge is 2.20. The molecule has 2 rings (SSSR count). The molecule has 1 saturated heterocycles. The van der Waals surface area contributed by atoms with Crippen molar-refractivity contribution in [2.24, 2.45) is 5.92 Å². The third kappa shape index (κ3) is 4.71. The second kappa shape index (κ2) is 8.15. The van der Waals surface area contributed by atoms with Gasteiger partial charge in [-0.3, -0.25) is 9.69 Å². The molecule has 22 heavy (non-hydrogen) atoms. The van der Waals surface area contributed by atoms with Crippen molar-refractivity contribution in [2.75, 3.05) is 40.0 Å². The number of hydrogen-bond donors (Lipinski definition) is 1. The van der Waals surface area contributed by atoms with Gasteiger partial charge < -0.3 is 14.8 Å². The van der Waals surface area contributed by atoms with E-state index >= 15 is 0 Å². The van der Waals surface area contributed by atoms with E-state index in [1.807, 2.05) is 24.3 Å². The van der Waals surface area contributed by atoms with Gasteiger partial charge in [0.05, 0.1) is 32.9 Å². The lowest BCUT2D eigenvalue weighted by Crippen LogP contribution is -2.44. The van der Waals surface area contributed by atoms with Gasteiger partial charge in [-0.2, -0.15) is 0 Å². The number of methoxy groups -OCH3 is 1. The molecular formula is C17H26N2O3.